The monoisotopic (exact) mass is 284 g/mol. The molecule has 5 heteroatoms. The highest BCUT2D eigenvalue weighted by Gasteiger charge is 2.23. The first-order valence-electron chi connectivity index (χ1n) is 6.01. The molecule has 0 aliphatic heterocycles. The Morgan fingerprint density at radius 2 is 1.95 bits per heavy atom. The third-order valence-electron chi connectivity index (χ3n) is 2.65. The van der Waals surface area contributed by atoms with E-state index < -0.39 is 11.8 Å². The zero-order chi connectivity index (χ0) is 14.6. The molecule has 1 aromatic rings. The van der Waals surface area contributed by atoms with E-state index in [0.717, 1.165) is 5.56 Å². The van der Waals surface area contributed by atoms with Crippen LogP contribution in [0.5, 0.6) is 5.75 Å². The molecule has 0 N–H and O–H groups in total. The molecule has 0 bridgehead atoms. The number of benzene rings is 1. The molecule has 0 aliphatic carbocycles. The second-order valence-electron chi connectivity index (χ2n) is 4.29. The fraction of sp³-hybridized carbons (Fsp3) is 0.429. The first kappa shape index (κ1) is 15.5. The van der Waals surface area contributed by atoms with Gasteiger partial charge in [-0.05, 0) is 30.5 Å². The minimum atomic E-state index is -0.910. The van der Waals surface area contributed by atoms with E-state index in [1.807, 2.05) is 13.8 Å². The zero-order valence-corrected chi connectivity index (χ0v) is 12.2. The smallest absolute Gasteiger partial charge is 0.379 e. The number of rotatable bonds is 5. The van der Waals surface area contributed by atoms with E-state index in [4.69, 9.17) is 21.1 Å². The van der Waals surface area contributed by atoms with Gasteiger partial charge in [0.2, 0.25) is 0 Å². The first-order chi connectivity index (χ1) is 8.92. The van der Waals surface area contributed by atoms with Gasteiger partial charge in [0, 0.05) is 0 Å². The van der Waals surface area contributed by atoms with Crippen LogP contribution in [0.25, 0.3) is 0 Å². The van der Waals surface area contributed by atoms with Crippen LogP contribution in [0.15, 0.2) is 12.1 Å². The summed E-state index contributed by atoms with van der Waals surface area (Å²) in [4.78, 5) is 23.5. The van der Waals surface area contributed by atoms with Crippen molar-refractivity contribution in [2.24, 2.45) is 0 Å². The van der Waals surface area contributed by atoms with Crippen LogP contribution in [0, 0.1) is 0 Å². The maximum atomic E-state index is 12.0. The molecule has 0 fully saturated rings. The molecule has 0 amide bonds. The van der Waals surface area contributed by atoms with Crippen molar-refractivity contribution in [3.05, 3.63) is 28.3 Å². The van der Waals surface area contributed by atoms with Crippen molar-refractivity contribution < 1.29 is 19.1 Å². The van der Waals surface area contributed by atoms with Crippen LogP contribution in [0.3, 0.4) is 0 Å². The standard InChI is InChI=1S/C14H17ClO4/c1-5-19-14(17)13(16)10-6-9(8(2)3)7-11(18-4)12(10)15/h6-8H,5H2,1-4H3. The van der Waals surface area contributed by atoms with Crippen molar-refractivity contribution in [3.8, 4) is 5.75 Å². The molecule has 0 radical (unpaired) electrons. The molecule has 0 aliphatic rings. The summed E-state index contributed by atoms with van der Waals surface area (Å²) < 4.78 is 9.83. The minimum absolute atomic E-state index is 0.114. The third-order valence-corrected chi connectivity index (χ3v) is 3.04. The molecule has 0 heterocycles. The number of methoxy groups -OCH3 is 1. The molecule has 4 nitrogen and oxygen atoms in total. The molecule has 0 spiro atoms. The predicted molar refractivity (Wildman–Crippen MR) is 73.1 cm³/mol. The van der Waals surface area contributed by atoms with Gasteiger partial charge in [0.05, 0.1) is 24.3 Å². The predicted octanol–water partition coefficient (Wildman–Crippen LogP) is 3.22. The fourth-order valence-corrected chi connectivity index (χ4v) is 1.84. The largest absolute Gasteiger partial charge is 0.495 e. The molecule has 0 aromatic heterocycles. The number of carbonyl (C=O) groups excluding carboxylic acids is 2. The lowest BCUT2D eigenvalue weighted by Gasteiger charge is -2.13. The molecule has 104 valence electrons. The highest BCUT2D eigenvalue weighted by molar-refractivity contribution is 6.46. The van der Waals surface area contributed by atoms with E-state index in [9.17, 15) is 9.59 Å². The molecule has 1 rings (SSSR count). The van der Waals surface area contributed by atoms with Crippen LogP contribution >= 0.6 is 11.6 Å². The van der Waals surface area contributed by atoms with Gasteiger partial charge in [0.25, 0.3) is 5.78 Å². The summed E-state index contributed by atoms with van der Waals surface area (Å²) in [6.07, 6.45) is 0. The molecule has 1 aromatic carbocycles. The van der Waals surface area contributed by atoms with Crippen molar-refractivity contribution in [1.82, 2.24) is 0 Å². The minimum Gasteiger partial charge on any atom is -0.495 e. The summed E-state index contributed by atoms with van der Waals surface area (Å²) in [5.74, 6) is -1.11. The van der Waals surface area contributed by atoms with Gasteiger partial charge in [-0.2, -0.15) is 0 Å². The summed E-state index contributed by atoms with van der Waals surface area (Å²) in [6.45, 7) is 5.73. The number of hydrogen-bond donors (Lipinski definition) is 0. The number of ether oxygens (including phenoxy) is 2. The van der Waals surface area contributed by atoms with Gasteiger partial charge in [-0.1, -0.05) is 25.4 Å². The van der Waals surface area contributed by atoms with Crippen LogP contribution in [0.1, 0.15) is 42.6 Å². The summed E-state index contributed by atoms with van der Waals surface area (Å²) >= 11 is 6.07. The van der Waals surface area contributed by atoms with Crippen molar-refractivity contribution in [2.45, 2.75) is 26.7 Å². The highest BCUT2D eigenvalue weighted by Crippen LogP contribution is 2.32. The third kappa shape index (κ3) is 3.47. The zero-order valence-electron chi connectivity index (χ0n) is 11.5. The topological polar surface area (TPSA) is 52.6 Å². The van der Waals surface area contributed by atoms with Gasteiger partial charge in [-0.3, -0.25) is 4.79 Å². The van der Waals surface area contributed by atoms with E-state index in [0.29, 0.717) is 5.75 Å². The van der Waals surface area contributed by atoms with E-state index in [-0.39, 0.29) is 23.1 Å². The van der Waals surface area contributed by atoms with Crippen molar-refractivity contribution in [3.63, 3.8) is 0 Å². The molecule has 19 heavy (non-hydrogen) atoms. The van der Waals surface area contributed by atoms with Crippen molar-refractivity contribution >= 4 is 23.4 Å². The lowest BCUT2D eigenvalue weighted by molar-refractivity contribution is -0.137. The molecular weight excluding hydrogens is 268 g/mol. The van der Waals surface area contributed by atoms with Gasteiger partial charge < -0.3 is 9.47 Å². The Hall–Kier alpha value is -1.55. The normalized spacial score (nSPS) is 10.4. The van der Waals surface area contributed by atoms with Crippen LogP contribution < -0.4 is 4.74 Å². The average molecular weight is 285 g/mol. The SMILES string of the molecule is CCOC(=O)C(=O)c1cc(C(C)C)cc(OC)c1Cl. The lowest BCUT2D eigenvalue weighted by Crippen LogP contribution is -2.18. The van der Waals surface area contributed by atoms with E-state index in [1.165, 1.54) is 7.11 Å². The second kappa shape index (κ2) is 6.57. The highest BCUT2D eigenvalue weighted by atomic mass is 35.5. The molecule has 0 atom stereocenters. The van der Waals surface area contributed by atoms with E-state index in [2.05, 4.69) is 0 Å². The summed E-state index contributed by atoms with van der Waals surface area (Å²) in [6, 6.07) is 3.36. The molecule has 0 saturated carbocycles. The van der Waals surface area contributed by atoms with Crippen LogP contribution in [-0.2, 0) is 9.53 Å². The van der Waals surface area contributed by atoms with Gasteiger partial charge in [0.15, 0.2) is 0 Å². The van der Waals surface area contributed by atoms with Crippen molar-refractivity contribution in [2.75, 3.05) is 13.7 Å². The Morgan fingerprint density at radius 3 is 2.42 bits per heavy atom. The van der Waals surface area contributed by atoms with E-state index in [1.54, 1.807) is 19.1 Å². The number of carbonyl (C=O) groups is 2. The number of Topliss-reactive ketones (excluding diaryl/α,β-unsaturated/α-hetero) is 1. The quantitative estimate of drug-likeness (QED) is 0.473. The number of halogens is 1. The Kier molecular flexibility index (Phi) is 5.36. The Labute approximate surface area is 117 Å². The Morgan fingerprint density at radius 1 is 1.32 bits per heavy atom. The van der Waals surface area contributed by atoms with Gasteiger partial charge in [0.1, 0.15) is 5.75 Å². The molecular formula is C14H17ClO4. The van der Waals surface area contributed by atoms with Gasteiger partial charge in [-0.15, -0.1) is 0 Å². The van der Waals surface area contributed by atoms with Gasteiger partial charge in [-0.25, -0.2) is 4.79 Å². The van der Waals surface area contributed by atoms with Crippen LogP contribution in [0.4, 0.5) is 0 Å². The van der Waals surface area contributed by atoms with Crippen molar-refractivity contribution in [1.29, 1.82) is 0 Å². The lowest BCUT2D eigenvalue weighted by atomic mass is 9.98. The Balaban J connectivity index is 3.29. The maximum Gasteiger partial charge on any atom is 0.379 e. The van der Waals surface area contributed by atoms with Gasteiger partial charge >= 0.3 is 5.97 Å². The molecule has 0 unspecified atom stereocenters. The first-order valence-corrected chi connectivity index (χ1v) is 6.39. The number of esters is 1. The van der Waals surface area contributed by atoms with Crippen LogP contribution in [0.2, 0.25) is 5.02 Å². The molecule has 0 saturated heterocycles. The Bertz CT molecular complexity index is 494. The summed E-state index contributed by atoms with van der Waals surface area (Å²) in [5.41, 5.74) is 0.983. The summed E-state index contributed by atoms with van der Waals surface area (Å²) in [7, 11) is 1.46. The fourth-order valence-electron chi connectivity index (χ4n) is 1.57. The number of hydrogen-bond acceptors (Lipinski definition) is 4. The average Bonchev–Trinajstić information content (AvgIpc) is 2.38. The number of ketones is 1. The maximum absolute atomic E-state index is 12.0. The summed E-state index contributed by atoms with van der Waals surface area (Å²) in [5, 5.41) is 0.130. The van der Waals surface area contributed by atoms with Crippen LogP contribution in [-0.4, -0.2) is 25.5 Å². The van der Waals surface area contributed by atoms with E-state index >= 15 is 0 Å². The second-order valence-corrected chi connectivity index (χ2v) is 4.67.